The van der Waals surface area contributed by atoms with E-state index in [0.29, 0.717) is 13.0 Å². The molecule has 79 heavy (non-hydrogen) atoms. The number of ether oxygens (including phenoxy) is 3. The number of carbonyl (C=O) groups excluding carboxylic acids is 9. The number of fused-ring (bicyclic) bond motifs is 1. The molecular weight excluding hydrogens is 1030 g/mol. The molecule has 1 heterocycles. The van der Waals surface area contributed by atoms with E-state index in [2.05, 4.69) is 68.5 Å². The summed E-state index contributed by atoms with van der Waals surface area (Å²) in [5.41, 5.74) is 1.56. The van der Waals surface area contributed by atoms with Gasteiger partial charge in [0, 0.05) is 66.7 Å². The highest BCUT2D eigenvalue weighted by atomic mass is 32.2. The van der Waals surface area contributed by atoms with Crippen molar-refractivity contribution in [3.63, 3.8) is 0 Å². The van der Waals surface area contributed by atoms with E-state index < -0.39 is 107 Å². The first-order chi connectivity index (χ1) is 36.8. The van der Waals surface area contributed by atoms with E-state index in [4.69, 9.17) is 14.2 Å². The fourth-order valence-electron chi connectivity index (χ4n) is 7.77. The molecule has 1 aliphatic rings. The van der Waals surface area contributed by atoms with Gasteiger partial charge >= 0.3 is 17.9 Å². The van der Waals surface area contributed by atoms with Crippen molar-refractivity contribution in [3.05, 3.63) is 102 Å². The van der Waals surface area contributed by atoms with Gasteiger partial charge in [-0.15, -0.1) is 0 Å². The standard InChI is InChI=1S/C59H83N7O12S/c1-37(2)52(65-54(73)43(28-29-49(69)76-57(6,7)8)63-55(74)45(62-40(5)67)36-51(71)78-59(12,13)14)56(75)64-44(35-50(70)77-58(9,10)11)53(72)61-32-31-60-48(68)27-20-33-66-34-30-41(42-24-16-17-25-46(42)66)23-19-22-39(4)79-47-26-18-15-21-38(47)3/h15-19,21-26,30,34,37,43-45,52H,4,20,27-29,31-33,35-36H2,1-3,5-14H3,(H,60,68)(H,61,72)(H,62,67)(H,63,74)(H,64,75)(H,65,73)/t43-,44-,45-,52-/m1/s1. The lowest BCUT2D eigenvalue weighted by Gasteiger charge is -2.28. The molecule has 1 aliphatic heterocycles. The molecule has 0 bridgehead atoms. The summed E-state index contributed by atoms with van der Waals surface area (Å²) in [7, 11) is 0. The normalized spacial score (nSPS) is 14.5. The zero-order valence-corrected chi connectivity index (χ0v) is 49.0. The lowest BCUT2D eigenvalue weighted by Crippen LogP contribution is -2.60. The predicted molar refractivity (Wildman–Crippen MR) is 306 cm³/mol. The molecule has 6 N–H and O–H groups in total. The molecule has 0 saturated heterocycles. The van der Waals surface area contributed by atoms with Crippen LogP contribution in [-0.2, 0) is 57.4 Å². The van der Waals surface area contributed by atoms with E-state index in [-0.39, 0.29) is 38.3 Å². The Labute approximate surface area is 470 Å². The first-order valence-electron chi connectivity index (χ1n) is 26.5. The van der Waals surface area contributed by atoms with Crippen molar-refractivity contribution in [2.75, 3.05) is 24.5 Å². The van der Waals surface area contributed by atoms with Gasteiger partial charge in [-0.2, -0.15) is 0 Å². The second-order valence-electron chi connectivity index (χ2n) is 22.4. The van der Waals surface area contributed by atoms with Crippen molar-refractivity contribution in [1.82, 2.24) is 31.9 Å². The molecule has 6 amide bonds. The highest BCUT2D eigenvalue weighted by molar-refractivity contribution is 8.03. The maximum Gasteiger partial charge on any atom is 0.308 e. The molecule has 19 nitrogen and oxygen atoms in total. The number of allylic oxidation sites excluding steroid dienone is 5. The first kappa shape index (κ1) is 66.1. The molecule has 0 aromatic heterocycles. The summed E-state index contributed by atoms with van der Waals surface area (Å²) in [6.07, 6.45) is 8.89. The Balaban J connectivity index is 1.67. The zero-order valence-electron chi connectivity index (χ0n) is 48.2. The SMILES string of the molecule is C=C(C=CC=C1C=CN(CCCC(=O)NCCNC(=O)[C@@H](CC(=O)OC(C)(C)C)NC(=O)[C@H](NC(=O)[C@@H](CCC(=O)OC(C)(C)C)NC(=O)[C@@H](CC(=O)OC(C)(C)C)NC(C)=O)C(C)C)c2ccccc21)Sc1ccccc1C. The average molecular weight is 1110 g/mol. The third-order valence-corrected chi connectivity index (χ3v) is 12.3. The largest absolute Gasteiger partial charge is 0.460 e. The maximum atomic E-state index is 14.1. The second-order valence-corrected chi connectivity index (χ2v) is 23.6. The van der Waals surface area contributed by atoms with Crippen LogP contribution in [0.2, 0.25) is 0 Å². The summed E-state index contributed by atoms with van der Waals surface area (Å²) < 4.78 is 16.2. The van der Waals surface area contributed by atoms with Gasteiger partial charge < -0.3 is 51.0 Å². The number of thioether (sulfide) groups is 1. The van der Waals surface area contributed by atoms with Crippen LogP contribution < -0.4 is 36.8 Å². The number of carbonyl (C=O) groups is 9. The average Bonchev–Trinajstić information content (AvgIpc) is 3.32. The summed E-state index contributed by atoms with van der Waals surface area (Å²) >= 11 is 1.62. The fourth-order valence-corrected chi connectivity index (χ4v) is 8.58. The number of amides is 6. The molecule has 432 valence electrons. The van der Waals surface area contributed by atoms with Crippen LogP contribution in [-0.4, -0.2) is 114 Å². The van der Waals surface area contributed by atoms with Crippen molar-refractivity contribution in [3.8, 4) is 0 Å². The van der Waals surface area contributed by atoms with Gasteiger partial charge in [0.2, 0.25) is 35.4 Å². The summed E-state index contributed by atoms with van der Waals surface area (Å²) in [6, 6.07) is 10.3. The van der Waals surface area contributed by atoms with Gasteiger partial charge in [0.1, 0.15) is 41.0 Å². The van der Waals surface area contributed by atoms with Crippen LogP contribution in [0.25, 0.3) is 5.57 Å². The number of aryl methyl sites for hydroxylation is 1. The molecule has 0 saturated carbocycles. The van der Waals surface area contributed by atoms with Crippen LogP contribution in [0.4, 0.5) is 5.69 Å². The smallest absolute Gasteiger partial charge is 0.308 e. The van der Waals surface area contributed by atoms with Crippen molar-refractivity contribution in [2.45, 2.75) is 174 Å². The van der Waals surface area contributed by atoms with Gasteiger partial charge in [-0.05, 0) is 123 Å². The molecule has 2 aromatic rings. The number of hydrogen-bond donors (Lipinski definition) is 6. The van der Waals surface area contributed by atoms with Gasteiger partial charge in [-0.1, -0.05) is 80.7 Å². The summed E-state index contributed by atoms with van der Waals surface area (Å²) in [5.74, 6) is -7.38. The minimum atomic E-state index is -1.51. The summed E-state index contributed by atoms with van der Waals surface area (Å²) in [5, 5.41) is 15.5. The molecule has 2 aromatic carbocycles. The second kappa shape index (κ2) is 30.8. The fraction of sp³-hybridized carbons (Fsp3) is 0.508. The highest BCUT2D eigenvalue weighted by Gasteiger charge is 2.35. The molecule has 20 heteroatoms. The van der Waals surface area contributed by atoms with Crippen molar-refractivity contribution < 1.29 is 57.4 Å². The molecule has 0 spiro atoms. The van der Waals surface area contributed by atoms with E-state index in [1.165, 1.54) is 5.56 Å². The Hall–Kier alpha value is -7.22. The maximum absolute atomic E-state index is 14.1. The number of anilines is 1. The van der Waals surface area contributed by atoms with E-state index in [9.17, 15) is 43.2 Å². The third kappa shape index (κ3) is 25.4. The highest BCUT2D eigenvalue weighted by Crippen LogP contribution is 2.34. The monoisotopic (exact) mass is 1110 g/mol. The van der Waals surface area contributed by atoms with Gasteiger partial charge in [0.25, 0.3) is 0 Å². The predicted octanol–water partition coefficient (Wildman–Crippen LogP) is 6.79. The number of rotatable bonds is 27. The van der Waals surface area contributed by atoms with Crippen molar-refractivity contribution >= 4 is 76.4 Å². The molecule has 0 unspecified atom stereocenters. The van der Waals surface area contributed by atoms with Crippen LogP contribution in [0, 0.1) is 12.8 Å². The Morgan fingerprint density at radius 3 is 1.80 bits per heavy atom. The van der Waals surface area contributed by atoms with E-state index in [1.807, 2.05) is 60.8 Å². The molecule has 0 fully saturated rings. The number of benzene rings is 2. The molecule has 3 rings (SSSR count). The summed E-state index contributed by atoms with van der Waals surface area (Å²) in [6.45, 7) is 25.9. The number of para-hydroxylation sites is 1. The molecular formula is C59H83N7O12S. The van der Waals surface area contributed by atoms with Gasteiger partial charge in [0.05, 0.1) is 12.8 Å². The van der Waals surface area contributed by atoms with E-state index >= 15 is 0 Å². The van der Waals surface area contributed by atoms with Gasteiger partial charge in [-0.25, -0.2) is 0 Å². The topological polar surface area (TPSA) is 257 Å². The van der Waals surface area contributed by atoms with Gasteiger partial charge in [0.15, 0.2) is 0 Å². The van der Waals surface area contributed by atoms with Crippen LogP contribution >= 0.6 is 11.8 Å². The first-order valence-corrected chi connectivity index (χ1v) is 27.4. The van der Waals surface area contributed by atoms with Crippen molar-refractivity contribution in [1.29, 1.82) is 0 Å². The van der Waals surface area contributed by atoms with Crippen LogP contribution in [0.3, 0.4) is 0 Å². The lowest BCUT2D eigenvalue weighted by atomic mass is 9.99. The minimum absolute atomic E-state index is 0.0311. The zero-order chi connectivity index (χ0) is 59.3. The molecule has 0 radical (unpaired) electrons. The third-order valence-electron chi connectivity index (χ3n) is 11.2. The van der Waals surface area contributed by atoms with Crippen LogP contribution in [0.1, 0.15) is 133 Å². The Bertz CT molecular complexity index is 2610. The van der Waals surface area contributed by atoms with E-state index in [1.54, 1.807) is 87.9 Å². The van der Waals surface area contributed by atoms with E-state index in [0.717, 1.165) is 33.5 Å². The Morgan fingerprint density at radius 1 is 0.658 bits per heavy atom. The molecule has 4 atom stereocenters. The number of nitrogens with zero attached hydrogens (tertiary/aromatic N) is 1. The lowest BCUT2D eigenvalue weighted by molar-refractivity contribution is -0.157. The number of nitrogens with one attached hydrogen (secondary N) is 6. The minimum Gasteiger partial charge on any atom is -0.460 e. The number of esters is 3. The van der Waals surface area contributed by atoms with Crippen LogP contribution in [0.5, 0.6) is 0 Å². The Morgan fingerprint density at radius 2 is 1.20 bits per heavy atom. The molecule has 0 aliphatic carbocycles. The Kier molecular flexibility index (Phi) is 25.8. The quantitative estimate of drug-likeness (QED) is 0.0177. The number of hydrogen-bond acceptors (Lipinski definition) is 14. The van der Waals surface area contributed by atoms with Crippen LogP contribution in [0.15, 0.2) is 95.4 Å². The summed E-state index contributed by atoms with van der Waals surface area (Å²) in [4.78, 5) is 124. The van der Waals surface area contributed by atoms with Gasteiger partial charge in [-0.3, -0.25) is 43.2 Å². The van der Waals surface area contributed by atoms with Crippen molar-refractivity contribution in [2.24, 2.45) is 5.92 Å².